The van der Waals surface area contributed by atoms with Crippen LogP contribution in [-0.2, 0) is 4.79 Å². The first-order chi connectivity index (χ1) is 11.1. The number of hydrogen-bond acceptors (Lipinski definition) is 6. The molecule has 2 aromatic heterocycles. The van der Waals surface area contributed by atoms with Crippen molar-refractivity contribution in [3.63, 3.8) is 0 Å². The van der Waals surface area contributed by atoms with Crippen molar-refractivity contribution in [3.8, 4) is 10.8 Å². The van der Waals surface area contributed by atoms with Gasteiger partial charge in [0.25, 0.3) is 5.89 Å². The van der Waals surface area contributed by atoms with Crippen molar-refractivity contribution >= 4 is 17.2 Å². The van der Waals surface area contributed by atoms with Crippen molar-refractivity contribution in [1.29, 1.82) is 0 Å². The minimum absolute atomic E-state index is 0.0756. The van der Waals surface area contributed by atoms with Gasteiger partial charge in [0, 0.05) is 20.0 Å². The van der Waals surface area contributed by atoms with Gasteiger partial charge in [-0.2, -0.15) is 0 Å². The predicted molar refractivity (Wildman–Crippen MR) is 89.0 cm³/mol. The van der Waals surface area contributed by atoms with E-state index in [1.807, 2.05) is 31.6 Å². The number of piperidine rings is 1. The summed E-state index contributed by atoms with van der Waals surface area (Å²) in [5, 5.41) is 10.3. The maximum absolute atomic E-state index is 12.0. The van der Waals surface area contributed by atoms with E-state index in [0.29, 0.717) is 11.8 Å². The number of likely N-dealkylation sites (tertiary alicyclic amines) is 1. The lowest BCUT2D eigenvalue weighted by Crippen LogP contribution is -2.41. The highest BCUT2D eigenvalue weighted by atomic mass is 32.1. The van der Waals surface area contributed by atoms with Gasteiger partial charge in [0.2, 0.25) is 11.8 Å². The van der Waals surface area contributed by atoms with Crippen LogP contribution >= 0.6 is 11.3 Å². The van der Waals surface area contributed by atoms with Gasteiger partial charge < -0.3 is 9.32 Å². The Hall–Kier alpha value is -1.73. The predicted octanol–water partition coefficient (Wildman–Crippen LogP) is 2.66. The van der Waals surface area contributed by atoms with Gasteiger partial charge in [-0.05, 0) is 44.3 Å². The number of carbonyl (C=O) groups excluding carboxylic acids is 1. The molecular weight excluding hydrogens is 312 g/mol. The van der Waals surface area contributed by atoms with Crippen LogP contribution in [-0.4, -0.2) is 53.1 Å². The Morgan fingerprint density at radius 3 is 2.74 bits per heavy atom. The van der Waals surface area contributed by atoms with Crippen LogP contribution in [0, 0.1) is 5.92 Å². The second kappa shape index (κ2) is 6.80. The molecule has 7 heteroatoms. The molecule has 1 saturated heterocycles. The highest BCUT2D eigenvalue weighted by molar-refractivity contribution is 7.13. The Morgan fingerprint density at radius 2 is 2.13 bits per heavy atom. The summed E-state index contributed by atoms with van der Waals surface area (Å²) in [5.74, 6) is 1.60. The molecule has 1 atom stereocenters. The van der Waals surface area contributed by atoms with E-state index in [1.165, 1.54) is 0 Å². The molecule has 6 nitrogen and oxygen atoms in total. The van der Waals surface area contributed by atoms with Crippen LogP contribution in [0.4, 0.5) is 0 Å². The maximum atomic E-state index is 12.0. The molecular formula is C16H22N4O2S. The summed E-state index contributed by atoms with van der Waals surface area (Å²) in [6, 6.07) is 4.02. The maximum Gasteiger partial charge on any atom is 0.257 e. The molecule has 0 bridgehead atoms. The van der Waals surface area contributed by atoms with Gasteiger partial charge in [-0.1, -0.05) is 6.07 Å². The molecule has 0 N–H and O–H groups in total. The number of hydrogen-bond donors (Lipinski definition) is 0. The highest BCUT2D eigenvalue weighted by Crippen LogP contribution is 2.29. The standard InChI is InChI=1S/C16H22N4O2S/c1-11(14-17-18-15(22-14)13-5-4-10-23-13)20-8-6-12(7-9-20)16(21)19(2)3/h4-5,10-12H,6-9H2,1-3H3. The summed E-state index contributed by atoms with van der Waals surface area (Å²) >= 11 is 1.59. The number of rotatable bonds is 4. The van der Waals surface area contributed by atoms with E-state index in [9.17, 15) is 4.79 Å². The van der Waals surface area contributed by atoms with Gasteiger partial charge in [0.05, 0.1) is 10.9 Å². The van der Waals surface area contributed by atoms with Crippen molar-refractivity contribution in [2.24, 2.45) is 5.92 Å². The van der Waals surface area contributed by atoms with Gasteiger partial charge in [-0.25, -0.2) is 0 Å². The molecule has 0 radical (unpaired) electrons. The van der Waals surface area contributed by atoms with Crippen molar-refractivity contribution < 1.29 is 9.21 Å². The Balaban J connectivity index is 1.61. The number of nitrogens with zero attached hydrogens (tertiary/aromatic N) is 4. The molecule has 0 aromatic carbocycles. The highest BCUT2D eigenvalue weighted by Gasteiger charge is 2.30. The summed E-state index contributed by atoms with van der Waals surface area (Å²) in [5.41, 5.74) is 0. The largest absolute Gasteiger partial charge is 0.418 e. The normalized spacial score (nSPS) is 18.0. The first-order valence-corrected chi connectivity index (χ1v) is 8.76. The van der Waals surface area contributed by atoms with Crippen LogP contribution in [0.3, 0.4) is 0 Å². The summed E-state index contributed by atoms with van der Waals surface area (Å²) < 4.78 is 5.83. The molecule has 0 saturated carbocycles. The van der Waals surface area contributed by atoms with Crippen LogP contribution in [0.1, 0.15) is 31.7 Å². The molecule has 0 spiro atoms. The van der Waals surface area contributed by atoms with Gasteiger partial charge in [0.15, 0.2) is 0 Å². The Bertz CT molecular complexity index is 645. The van der Waals surface area contributed by atoms with Crippen LogP contribution in [0.25, 0.3) is 10.8 Å². The van der Waals surface area contributed by atoms with Crippen LogP contribution < -0.4 is 0 Å². The lowest BCUT2D eigenvalue weighted by Gasteiger charge is -2.34. The fraction of sp³-hybridized carbons (Fsp3) is 0.562. The Morgan fingerprint density at radius 1 is 1.39 bits per heavy atom. The Kier molecular flexibility index (Phi) is 4.77. The Labute approximate surface area is 140 Å². The van der Waals surface area contributed by atoms with E-state index in [-0.39, 0.29) is 17.9 Å². The molecule has 124 valence electrons. The van der Waals surface area contributed by atoms with Gasteiger partial charge in [0.1, 0.15) is 0 Å². The quantitative estimate of drug-likeness (QED) is 0.860. The molecule has 3 heterocycles. The van der Waals surface area contributed by atoms with E-state index in [1.54, 1.807) is 16.2 Å². The third kappa shape index (κ3) is 3.45. The van der Waals surface area contributed by atoms with Crippen LogP contribution in [0.2, 0.25) is 0 Å². The van der Waals surface area contributed by atoms with Crippen molar-refractivity contribution in [3.05, 3.63) is 23.4 Å². The fourth-order valence-corrected chi connectivity index (χ4v) is 3.60. The van der Waals surface area contributed by atoms with E-state index >= 15 is 0 Å². The summed E-state index contributed by atoms with van der Waals surface area (Å²) in [4.78, 5) is 17.0. The monoisotopic (exact) mass is 334 g/mol. The number of carbonyl (C=O) groups is 1. The summed E-state index contributed by atoms with van der Waals surface area (Å²) in [6.45, 7) is 3.84. The van der Waals surface area contributed by atoms with E-state index < -0.39 is 0 Å². The second-order valence-electron chi connectivity index (χ2n) is 6.14. The molecule has 1 unspecified atom stereocenters. The zero-order chi connectivity index (χ0) is 16.4. The van der Waals surface area contributed by atoms with E-state index in [2.05, 4.69) is 22.0 Å². The average molecular weight is 334 g/mol. The smallest absolute Gasteiger partial charge is 0.257 e. The molecule has 1 aliphatic heterocycles. The molecule has 2 aromatic rings. The van der Waals surface area contributed by atoms with Crippen molar-refractivity contribution in [1.82, 2.24) is 20.0 Å². The van der Waals surface area contributed by atoms with Crippen LogP contribution in [0.15, 0.2) is 21.9 Å². The molecule has 3 rings (SSSR count). The first kappa shape index (κ1) is 16.1. The van der Waals surface area contributed by atoms with Crippen LogP contribution in [0.5, 0.6) is 0 Å². The van der Waals surface area contributed by atoms with Crippen molar-refractivity contribution in [2.75, 3.05) is 27.2 Å². The SMILES string of the molecule is CC(c1nnc(-c2cccs2)o1)N1CCC(C(=O)N(C)C)CC1. The number of aromatic nitrogens is 2. The topological polar surface area (TPSA) is 62.5 Å². The molecule has 1 aliphatic rings. The fourth-order valence-electron chi connectivity index (χ4n) is 2.96. The second-order valence-corrected chi connectivity index (χ2v) is 7.09. The zero-order valence-electron chi connectivity index (χ0n) is 13.7. The molecule has 1 fully saturated rings. The lowest BCUT2D eigenvalue weighted by atomic mass is 9.94. The van der Waals surface area contributed by atoms with Gasteiger partial charge >= 0.3 is 0 Å². The van der Waals surface area contributed by atoms with E-state index in [4.69, 9.17) is 4.42 Å². The molecule has 1 amide bonds. The average Bonchev–Trinajstić information content (AvgIpc) is 3.24. The number of thiophene rings is 1. The summed E-state index contributed by atoms with van der Waals surface area (Å²) in [6.07, 6.45) is 1.76. The zero-order valence-corrected chi connectivity index (χ0v) is 14.5. The lowest BCUT2D eigenvalue weighted by molar-refractivity contribution is -0.134. The third-order valence-electron chi connectivity index (χ3n) is 4.40. The van der Waals surface area contributed by atoms with Gasteiger partial charge in [-0.15, -0.1) is 21.5 Å². The van der Waals surface area contributed by atoms with Gasteiger partial charge in [-0.3, -0.25) is 9.69 Å². The number of amides is 1. The van der Waals surface area contributed by atoms with Crippen molar-refractivity contribution in [2.45, 2.75) is 25.8 Å². The first-order valence-electron chi connectivity index (χ1n) is 7.88. The molecule has 23 heavy (non-hydrogen) atoms. The van der Waals surface area contributed by atoms with E-state index in [0.717, 1.165) is 30.8 Å². The summed E-state index contributed by atoms with van der Waals surface area (Å²) in [7, 11) is 3.64. The minimum atomic E-state index is 0.0756. The minimum Gasteiger partial charge on any atom is -0.418 e. The molecule has 0 aliphatic carbocycles. The third-order valence-corrected chi connectivity index (χ3v) is 5.26.